The largest absolute Gasteiger partial charge is 1.00 e. The molecule has 0 saturated heterocycles. The van der Waals surface area contributed by atoms with Crippen molar-refractivity contribution in [3.05, 3.63) is 278 Å². The molecule has 512 valence electrons. The fourth-order valence-corrected chi connectivity index (χ4v) is 11.6. The van der Waals surface area contributed by atoms with Crippen LogP contribution in [0.2, 0.25) is 38.2 Å². The molecule has 8 aromatic carbocycles. The number of benzene rings is 8. The van der Waals surface area contributed by atoms with Crippen molar-refractivity contribution in [2.75, 3.05) is 13.7 Å². The van der Waals surface area contributed by atoms with E-state index in [9.17, 15) is 33.0 Å². The minimum absolute atomic E-state index is 0. The summed E-state index contributed by atoms with van der Waals surface area (Å²) in [5, 5.41) is 28.4. The van der Waals surface area contributed by atoms with E-state index in [-0.39, 0.29) is 173 Å². The summed E-state index contributed by atoms with van der Waals surface area (Å²) < 4.78 is 44.9. The number of hydrogen-bond acceptors (Lipinski definition) is 10. The van der Waals surface area contributed by atoms with Crippen LogP contribution in [0.3, 0.4) is 0 Å². The maximum atomic E-state index is 12.2. The molecule has 0 aliphatic heterocycles. The maximum absolute atomic E-state index is 12.2. The van der Waals surface area contributed by atoms with Gasteiger partial charge in [-0.15, -0.1) is 6.58 Å². The van der Waals surface area contributed by atoms with Crippen molar-refractivity contribution in [1.29, 1.82) is 0 Å². The van der Waals surface area contributed by atoms with Crippen molar-refractivity contribution in [3.63, 3.8) is 0 Å². The second kappa shape index (κ2) is 61.2. The first-order valence-electron chi connectivity index (χ1n) is 27.6. The van der Waals surface area contributed by atoms with E-state index in [0.717, 1.165) is 32.9 Å². The fraction of sp³-hybridized carbons (Fsp3) is 0.211. The molecule has 10 nitrogen and oxygen atoms in total. The Labute approximate surface area is 711 Å². The summed E-state index contributed by atoms with van der Waals surface area (Å²) in [6.45, 7) is 16.4. The van der Waals surface area contributed by atoms with E-state index >= 15 is 0 Å². The van der Waals surface area contributed by atoms with Crippen LogP contribution in [-0.4, -0.2) is 62.7 Å². The average molecular weight is 1750 g/mol. The van der Waals surface area contributed by atoms with Crippen LogP contribution in [0.1, 0.15) is 98.9 Å². The molecular weight excluding hydrogens is 1670 g/mol. The number of aromatic hydroxyl groups is 2. The number of methoxy groups -OCH3 is 1. The third kappa shape index (κ3) is 45.4. The van der Waals surface area contributed by atoms with Gasteiger partial charge < -0.3 is 31.3 Å². The Morgan fingerprint density at radius 3 is 1.27 bits per heavy atom. The molecule has 0 aliphatic carbocycles. The quantitative estimate of drug-likeness (QED) is 0.0181. The number of aldehydes is 1. The number of ketones is 1. The van der Waals surface area contributed by atoms with E-state index in [0.29, 0.717) is 49.1 Å². The third-order valence-electron chi connectivity index (χ3n) is 11.6. The SMILES string of the molecule is C.C.C=CCC.C=CCOc1cc(Br)cc(Cc2ccccc2)c1Cl.CC[SiH](CC)CC.COc1cc(Br)cc(C(=O)Cl)c1Cl.O=C(c1ccccc1)c1cc(Br)cc(O)c1Cl.O=CC(F)(F)F.O=CO[O-].Oc1cc(Br)cc(Cc2ccccc2)c1Cl.[H-].[K+].[K+].c1ccccc1. The summed E-state index contributed by atoms with van der Waals surface area (Å²) in [5.41, 5.74) is 5.39. The summed E-state index contributed by atoms with van der Waals surface area (Å²) in [7, 11) is 1.30. The van der Waals surface area contributed by atoms with Gasteiger partial charge in [-0.3, -0.25) is 19.2 Å². The standard InChI is InChI=1S/C16H14BrClO.C13H8BrClO2.C13H10BrClO.C8H5BrCl2O2.C6H16Si.C6H6.C4H8.C2HF3O.CH2O3.2CH4.2K.H/c1-2-8-19-15-11-14(17)10-13(16(15)18)9-12-6-4-3-5-7-12;14-9-6-10(12(15)11(16)7-9)13(17)8-4-2-1-3-5-8;14-11-7-10(13(15)12(16)8-11)6-9-4-2-1-3-5-9;1-13-6-3-4(9)2-5(7(6)10)8(11)12;1-4-7(5-2)6-3;1-2-4-6-5-3-1;1-3-4-2;3-2(4,5)1-6;2-1-4-3;;;;;/h2-7,10-11H,1,8-9H2;1-7,16H;1-5,7-8,16H,6H2;2-3H,1H3;7H,4-6H2,1-3H3;1-6H;3H,1,4H2,2H3;1H;1,3H;2*1H4;;;/q;;;;;;;;;;;2*+1;-1/p-1. The van der Waals surface area contributed by atoms with E-state index in [1.807, 2.05) is 115 Å². The van der Waals surface area contributed by atoms with Crippen LogP contribution in [0.25, 0.3) is 0 Å². The van der Waals surface area contributed by atoms with Crippen LogP contribution >= 0.6 is 122 Å². The van der Waals surface area contributed by atoms with E-state index in [1.54, 1.807) is 54.6 Å². The molecule has 0 heterocycles. The van der Waals surface area contributed by atoms with Gasteiger partial charge in [0.05, 0.1) is 32.8 Å². The predicted octanol–water partition coefficient (Wildman–Crippen LogP) is 17.3. The molecular formula is C71H78Br4Cl5F3K2O10Si. The first-order valence-corrected chi connectivity index (χ1v) is 35.1. The Morgan fingerprint density at radius 2 is 0.917 bits per heavy atom. The summed E-state index contributed by atoms with van der Waals surface area (Å²) in [4.78, 5) is 43.0. The molecule has 0 bridgehead atoms. The van der Waals surface area contributed by atoms with Crippen LogP contribution in [-0.2, 0) is 27.3 Å². The number of rotatable bonds is 16. The molecule has 0 aliphatic rings. The van der Waals surface area contributed by atoms with Crippen molar-refractivity contribution in [3.8, 4) is 23.0 Å². The first kappa shape index (κ1) is 102. The minimum atomic E-state index is -4.64. The number of allylic oxidation sites excluding steroid dienone is 1. The number of phenols is 2. The molecule has 8 aromatic rings. The smallest absolute Gasteiger partial charge is 1.00 e. The molecule has 0 atom stereocenters. The van der Waals surface area contributed by atoms with E-state index in [1.165, 1.54) is 42.4 Å². The van der Waals surface area contributed by atoms with Gasteiger partial charge in [-0.2, -0.15) is 13.2 Å². The number of phenolic OH excluding ortho intramolecular Hbond substituents is 2. The Kier molecular flexibility index (Phi) is 65.2. The number of alkyl halides is 3. The van der Waals surface area contributed by atoms with Gasteiger partial charge in [0.1, 0.15) is 29.6 Å². The number of carbonyl (C=O) groups is 4. The summed E-state index contributed by atoms with van der Waals surface area (Å²) in [6, 6.07) is 59.2. The van der Waals surface area contributed by atoms with Gasteiger partial charge in [0.2, 0.25) is 6.29 Å². The van der Waals surface area contributed by atoms with Gasteiger partial charge in [0, 0.05) is 37.8 Å². The zero-order valence-corrected chi connectivity index (χ0v) is 70.2. The monoisotopic (exact) mass is 1740 g/mol. The Hall–Kier alpha value is -2.47. The Morgan fingerprint density at radius 1 is 0.573 bits per heavy atom. The molecule has 0 fully saturated rings. The van der Waals surface area contributed by atoms with E-state index in [4.69, 9.17) is 82.3 Å². The van der Waals surface area contributed by atoms with Crippen LogP contribution in [0, 0.1) is 0 Å². The van der Waals surface area contributed by atoms with Crippen molar-refractivity contribution in [2.45, 2.75) is 86.1 Å². The second-order valence-electron chi connectivity index (χ2n) is 18.2. The first-order chi connectivity index (χ1) is 43.8. The fourth-order valence-electron chi connectivity index (χ4n) is 6.98. The van der Waals surface area contributed by atoms with Crippen LogP contribution < -0.4 is 118 Å². The molecule has 0 aromatic heterocycles. The normalized spacial score (nSPS) is 9.32. The zero-order valence-electron chi connectivity index (χ0n) is 53.7. The zero-order chi connectivity index (χ0) is 69.6. The van der Waals surface area contributed by atoms with E-state index in [2.05, 4.69) is 122 Å². The van der Waals surface area contributed by atoms with Crippen molar-refractivity contribution < 1.29 is 166 Å². The van der Waals surface area contributed by atoms with E-state index < -0.39 is 17.7 Å². The van der Waals surface area contributed by atoms with Crippen LogP contribution in [0.4, 0.5) is 13.2 Å². The van der Waals surface area contributed by atoms with Gasteiger partial charge in [-0.25, -0.2) is 0 Å². The minimum Gasteiger partial charge on any atom is -1.00 e. The topological polar surface area (TPSA) is 159 Å². The van der Waals surface area contributed by atoms with Gasteiger partial charge in [-0.1, -0.05) is 317 Å². The molecule has 2 N–H and O–H groups in total. The van der Waals surface area contributed by atoms with Gasteiger partial charge >= 0.3 is 109 Å². The molecule has 0 amide bonds. The predicted molar refractivity (Wildman–Crippen MR) is 400 cm³/mol. The number of halogens is 12. The van der Waals surface area contributed by atoms with Crippen molar-refractivity contribution in [1.82, 2.24) is 0 Å². The van der Waals surface area contributed by atoms with Crippen molar-refractivity contribution >= 4 is 154 Å². The number of carbonyl (C=O) groups excluding carboxylic acids is 4. The third-order valence-corrected chi connectivity index (χ3v) is 18.8. The average Bonchev–Trinajstić information content (AvgIpc) is 0.897. The van der Waals surface area contributed by atoms with Crippen LogP contribution in [0.5, 0.6) is 23.0 Å². The summed E-state index contributed by atoms with van der Waals surface area (Å²) in [6.07, 6.45) is 0.456. The molecule has 25 heteroatoms. The van der Waals surface area contributed by atoms with Gasteiger partial charge in [-0.05, 0) is 102 Å². The molecule has 0 radical (unpaired) electrons. The molecule has 8 rings (SSSR count). The molecule has 96 heavy (non-hydrogen) atoms. The number of hydrogen-bond donors (Lipinski definition) is 2. The van der Waals surface area contributed by atoms with Crippen molar-refractivity contribution in [2.24, 2.45) is 0 Å². The molecule has 0 saturated carbocycles. The van der Waals surface area contributed by atoms with Gasteiger partial charge in [0.25, 0.3) is 11.7 Å². The molecule has 0 spiro atoms. The summed E-state index contributed by atoms with van der Waals surface area (Å²) in [5.74, 6) is 0.886. The molecule has 0 unspecified atom stereocenters. The number of ether oxygens (including phenoxy) is 2. The maximum Gasteiger partial charge on any atom is 1.00 e. The van der Waals surface area contributed by atoms with Gasteiger partial charge in [0.15, 0.2) is 5.78 Å². The Bertz CT molecular complexity index is 3420. The second-order valence-corrected chi connectivity index (χ2v) is 27.9. The van der Waals surface area contributed by atoms with Crippen LogP contribution in [0.15, 0.2) is 219 Å². The Balaban J connectivity index is -0.000000250. The summed E-state index contributed by atoms with van der Waals surface area (Å²) >= 11 is 42.7.